The van der Waals surface area contributed by atoms with Gasteiger partial charge in [-0.15, -0.1) is 0 Å². The van der Waals surface area contributed by atoms with Crippen molar-refractivity contribution in [2.75, 3.05) is 25.0 Å². The van der Waals surface area contributed by atoms with Gasteiger partial charge in [0.1, 0.15) is 11.6 Å². The van der Waals surface area contributed by atoms with Crippen molar-refractivity contribution in [1.29, 1.82) is 0 Å². The number of rotatable bonds is 8. The minimum Gasteiger partial charge on any atom is -0.506 e. The number of pyridine rings is 1. The number of hydrogen-bond acceptors (Lipinski definition) is 9. The number of aromatic hydroxyl groups is 1. The van der Waals surface area contributed by atoms with E-state index in [9.17, 15) is 34.5 Å². The highest BCUT2D eigenvalue weighted by molar-refractivity contribution is 6.35. The van der Waals surface area contributed by atoms with E-state index in [-0.39, 0.29) is 40.1 Å². The number of aromatic nitrogens is 1. The van der Waals surface area contributed by atoms with Gasteiger partial charge in [0, 0.05) is 28.8 Å². The number of H-pyrrole nitrogens is 1. The number of halogens is 2. The number of amides is 2. The minimum absolute atomic E-state index is 0.00774. The van der Waals surface area contributed by atoms with Crippen molar-refractivity contribution in [2.45, 2.75) is 18.6 Å². The summed E-state index contributed by atoms with van der Waals surface area (Å²) in [6.07, 6.45) is -1.23. The Kier molecular flexibility index (Phi) is 8.74. The first-order valence-corrected chi connectivity index (χ1v) is 11.2. The SMILES string of the molecule is O=C(O)C[C@H](NC(=O)CNC(=O)c1cc(NC2=NCC(O)CN2)[nH]c(=O)c1)c1cc(Cl)cc(Cl)c1O. The molecular formula is C21H22Cl2N6O7. The normalized spacial score (nSPS) is 15.8. The number of phenolic OH excluding ortho intramolecular Hbond substituents is 1. The number of carbonyl (C=O) groups is 3. The summed E-state index contributed by atoms with van der Waals surface area (Å²) < 4.78 is 0. The van der Waals surface area contributed by atoms with E-state index in [1.165, 1.54) is 18.2 Å². The average molecular weight is 541 g/mol. The van der Waals surface area contributed by atoms with Gasteiger partial charge in [0.05, 0.1) is 36.7 Å². The van der Waals surface area contributed by atoms with Crippen LogP contribution in [0.25, 0.3) is 0 Å². The molecule has 2 atom stereocenters. The lowest BCUT2D eigenvalue weighted by molar-refractivity contribution is -0.137. The van der Waals surface area contributed by atoms with Gasteiger partial charge in [0.2, 0.25) is 11.5 Å². The molecule has 1 unspecified atom stereocenters. The van der Waals surface area contributed by atoms with Crippen LogP contribution in [-0.4, -0.2) is 69.8 Å². The molecule has 192 valence electrons. The number of carboxylic acid groups (broad SMARTS) is 1. The van der Waals surface area contributed by atoms with Crippen molar-refractivity contribution in [3.63, 3.8) is 0 Å². The number of aliphatic imine (C=N–C) groups is 1. The van der Waals surface area contributed by atoms with Crippen molar-refractivity contribution >= 4 is 52.8 Å². The topological polar surface area (TPSA) is 205 Å². The maximum absolute atomic E-state index is 12.5. The lowest BCUT2D eigenvalue weighted by atomic mass is 10.0. The number of hydrogen-bond donors (Lipinski definition) is 8. The number of aliphatic hydroxyl groups is 1. The Hall–Kier alpha value is -3.81. The predicted molar refractivity (Wildman–Crippen MR) is 131 cm³/mol. The van der Waals surface area contributed by atoms with E-state index < -0.39 is 54.2 Å². The number of aliphatic carboxylic acids is 1. The molecule has 0 spiro atoms. The van der Waals surface area contributed by atoms with Crippen LogP contribution in [0.4, 0.5) is 5.82 Å². The zero-order chi connectivity index (χ0) is 26.4. The largest absolute Gasteiger partial charge is 0.506 e. The number of guanidine groups is 1. The van der Waals surface area contributed by atoms with Gasteiger partial charge in [-0.3, -0.25) is 24.2 Å². The third kappa shape index (κ3) is 7.34. The Bertz CT molecular complexity index is 1270. The van der Waals surface area contributed by atoms with Gasteiger partial charge in [0.25, 0.3) is 5.91 Å². The first-order valence-electron chi connectivity index (χ1n) is 10.5. The molecule has 2 heterocycles. The predicted octanol–water partition coefficient (Wildman–Crippen LogP) is 0.181. The first kappa shape index (κ1) is 26.8. The monoisotopic (exact) mass is 540 g/mol. The number of nitrogens with one attached hydrogen (secondary N) is 5. The number of phenols is 1. The first-order chi connectivity index (χ1) is 17.0. The molecule has 1 aliphatic heterocycles. The van der Waals surface area contributed by atoms with Crippen LogP contribution >= 0.6 is 23.2 Å². The molecule has 0 fully saturated rings. The number of carbonyl (C=O) groups excluding carboxylic acids is 2. The van der Waals surface area contributed by atoms with E-state index in [0.717, 1.165) is 6.07 Å². The second-order valence-corrected chi connectivity index (χ2v) is 8.57. The molecule has 0 aliphatic carbocycles. The molecule has 0 bridgehead atoms. The molecule has 3 rings (SSSR count). The summed E-state index contributed by atoms with van der Waals surface area (Å²) in [5, 5.41) is 39.2. The van der Waals surface area contributed by atoms with Crippen molar-refractivity contribution < 1.29 is 29.7 Å². The van der Waals surface area contributed by atoms with Crippen LogP contribution in [0.5, 0.6) is 5.75 Å². The van der Waals surface area contributed by atoms with Gasteiger partial charge in [-0.25, -0.2) is 0 Å². The molecule has 2 amide bonds. The highest BCUT2D eigenvalue weighted by atomic mass is 35.5. The zero-order valence-electron chi connectivity index (χ0n) is 18.5. The summed E-state index contributed by atoms with van der Waals surface area (Å²) in [7, 11) is 0. The number of β-amino-alcohol motifs (C(OH)–C–C–N with tert-alkyl or cyclic N) is 1. The molecule has 1 aromatic heterocycles. The number of aromatic amines is 1. The quantitative estimate of drug-likeness (QED) is 0.229. The molecule has 2 aromatic rings. The van der Waals surface area contributed by atoms with Crippen LogP contribution in [0.15, 0.2) is 34.1 Å². The fraction of sp³-hybridized carbons (Fsp3) is 0.286. The van der Waals surface area contributed by atoms with E-state index >= 15 is 0 Å². The van der Waals surface area contributed by atoms with E-state index in [0.29, 0.717) is 5.96 Å². The van der Waals surface area contributed by atoms with E-state index in [1.807, 2.05) is 0 Å². The van der Waals surface area contributed by atoms with Gasteiger partial charge < -0.3 is 41.6 Å². The maximum Gasteiger partial charge on any atom is 0.305 e. The molecule has 0 saturated heterocycles. The number of carboxylic acids is 1. The van der Waals surface area contributed by atoms with Crippen molar-refractivity contribution in [1.82, 2.24) is 20.9 Å². The highest BCUT2D eigenvalue weighted by Gasteiger charge is 2.23. The molecule has 0 radical (unpaired) electrons. The van der Waals surface area contributed by atoms with Crippen LogP contribution in [0.2, 0.25) is 10.0 Å². The number of nitrogens with zero attached hydrogens (tertiary/aromatic N) is 1. The number of anilines is 1. The third-order valence-electron chi connectivity index (χ3n) is 4.88. The Morgan fingerprint density at radius 3 is 2.61 bits per heavy atom. The number of benzene rings is 1. The Morgan fingerprint density at radius 1 is 1.19 bits per heavy atom. The van der Waals surface area contributed by atoms with Crippen LogP contribution in [-0.2, 0) is 9.59 Å². The molecule has 13 nitrogen and oxygen atoms in total. The summed E-state index contributed by atoms with van der Waals surface area (Å²) in [6, 6.07) is 3.68. The number of aliphatic hydroxyl groups excluding tert-OH is 1. The lowest BCUT2D eigenvalue weighted by Gasteiger charge is -2.20. The van der Waals surface area contributed by atoms with Crippen molar-refractivity contribution in [3.05, 3.63) is 55.8 Å². The lowest BCUT2D eigenvalue weighted by Crippen LogP contribution is -2.43. The Balaban J connectivity index is 1.66. The van der Waals surface area contributed by atoms with Gasteiger partial charge >= 0.3 is 5.97 Å². The van der Waals surface area contributed by atoms with Crippen molar-refractivity contribution in [3.8, 4) is 5.75 Å². The Labute approximate surface area is 213 Å². The molecule has 1 aromatic carbocycles. The summed E-state index contributed by atoms with van der Waals surface area (Å²) >= 11 is 11.8. The van der Waals surface area contributed by atoms with Gasteiger partial charge in [-0.05, 0) is 18.2 Å². The molecule has 0 saturated carbocycles. The molecule has 36 heavy (non-hydrogen) atoms. The fourth-order valence-electron chi connectivity index (χ4n) is 3.26. The van der Waals surface area contributed by atoms with E-state index in [1.54, 1.807) is 0 Å². The van der Waals surface area contributed by atoms with Gasteiger partial charge in [0.15, 0.2) is 5.96 Å². The van der Waals surface area contributed by atoms with Gasteiger partial charge in [-0.2, -0.15) is 0 Å². The van der Waals surface area contributed by atoms with Gasteiger partial charge in [-0.1, -0.05) is 23.2 Å². The van der Waals surface area contributed by atoms with Crippen LogP contribution in [0.3, 0.4) is 0 Å². The molecule has 8 N–H and O–H groups in total. The standard InChI is InChI=1S/C21H22Cl2N6O7/c22-10-3-12(19(35)13(23)4-10)14(5-18(33)34)27-17(32)8-24-20(36)9-1-15(28-16(31)2-9)29-21-25-6-11(30)7-26-21/h1-4,11,14,30,35H,5-8H2,(H,24,36)(H,27,32)(H,33,34)(H3,25,26,28,29,31)/t14-/m0/s1. The second kappa shape index (κ2) is 11.7. The summed E-state index contributed by atoms with van der Waals surface area (Å²) in [4.78, 5) is 54.8. The van der Waals surface area contributed by atoms with E-state index in [2.05, 4.69) is 31.2 Å². The molecular weight excluding hydrogens is 519 g/mol. The van der Waals surface area contributed by atoms with E-state index in [4.69, 9.17) is 23.2 Å². The third-order valence-corrected chi connectivity index (χ3v) is 5.39. The van der Waals surface area contributed by atoms with Crippen LogP contribution in [0.1, 0.15) is 28.4 Å². The molecule has 1 aliphatic rings. The summed E-state index contributed by atoms with van der Waals surface area (Å²) in [6.45, 7) is -0.143. The second-order valence-electron chi connectivity index (χ2n) is 7.72. The van der Waals surface area contributed by atoms with Crippen LogP contribution < -0.4 is 26.8 Å². The highest BCUT2D eigenvalue weighted by Crippen LogP contribution is 2.36. The maximum atomic E-state index is 12.5. The summed E-state index contributed by atoms with van der Waals surface area (Å²) in [5.41, 5.74) is -0.667. The Morgan fingerprint density at radius 2 is 1.94 bits per heavy atom. The van der Waals surface area contributed by atoms with Crippen LogP contribution in [0, 0.1) is 0 Å². The minimum atomic E-state index is -1.27. The average Bonchev–Trinajstić information content (AvgIpc) is 2.80. The smallest absolute Gasteiger partial charge is 0.305 e. The summed E-state index contributed by atoms with van der Waals surface area (Å²) in [5.74, 6) is -2.79. The zero-order valence-corrected chi connectivity index (χ0v) is 20.0. The fourth-order valence-corrected chi connectivity index (χ4v) is 3.77. The van der Waals surface area contributed by atoms with Crippen molar-refractivity contribution in [2.24, 2.45) is 4.99 Å². The molecule has 15 heteroatoms.